The Morgan fingerprint density at radius 1 is 0.893 bits per heavy atom. The standard InChI is InChI=1S/C9H15BrFNO2.C9H16FNO3/c1-9(2,3)14-8(13)12-5-4-7(11)6-10;1-9(2,3)14-8(13)11-5-4-7(10)6-12/h4H,5-6H2,1-3H3,(H,12,13);4,12H,5-6H2,1-3H3,(H,11,13)/b2*7-4-. The van der Waals surface area contributed by atoms with Gasteiger partial charge in [0.2, 0.25) is 0 Å². The second-order valence-corrected chi connectivity index (χ2v) is 7.92. The molecule has 0 heterocycles. The number of nitrogens with one attached hydrogen (secondary N) is 2. The fourth-order valence-corrected chi connectivity index (χ4v) is 1.47. The predicted octanol–water partition coefficient (Wildman–Crippen LogP) is 4.12. The maximum atomic E-state index is 12.5. The van der Waals surface area contributed by atoms with E-state index in [-0.39, 0.29) is 24.2 Å². The molecule has 10 heteroatoms. The van der Waals surface area contributed by atoms with Crippen LogP contribution in [0.2, 0.25) is 0 Å². The van der Waals surface area contributed by atoms with Gasteiger partial charge < -0.3 is 25.2 Å². The SMILES string of the molecule is CC(C)(C)OC(=O)NC/C=C(\F)CBr.CC(C)(C)OC(=O)NC/C=C(\F)CO. The van der Waals surface area contributed by atoms with Gasteiger partial charge in [-0.3, -0.25) is 0 Å². The van der Waals surface area contributed by atoms with E-state index >= 15 is 0 Å². The summed E-state index contributed by atoms with van der Waals surface area (Å²) in [6, 6.07) is 0. The number of aliphatic hydroxyl groups excluding tert-OH is 1. The van der Waals surface area contributed by atoms with E-state index in [0.29, 0.717) is 0 Å². The average molecular weight is 473 g/mol. The molecule has 0 atom stereocenters. The number of allylic oxidation sites excluding steroid dienone is 1. The Hall–Kier alpha value is -1.68. The molecular weight excluding hydrogens is 442 g/mol. The Bertz CT molecular complexity index is 493. The molecule has 28 heavy (non-hydrogen) atoms. The summed E-state index contributed by atoms with van der Waals surface area (Å²) in [6.45, 7) is 9.97. The second kappa shape index (κ2) is 14.3. The van der Waals surface area contributed by atoms with Crippen LogP contribution in [0.15, 0.2) is 23.8 Å². The minimum Gasteiger partial charge on any atom is -0.444 e. The van der Waals surface area contributed by atoms with Gasteiger partial charge >= 0.3 is 12.2 Å². The third-order valence-electron chi connectivity index (χ3n) is 2.22. The highest BCUT2D eigenvalue weighted by Gasteiger charge is 2.15. The third-order valence-corrected chi connectivity index (χ3v) is 2.75. The number of amides is 2. The fraction of sp³-hybridized carbons (Fsp3) is 0.667. The summed E-state index contributed by atoms with van der Waals surface area (Å²) < 4.78 is 34.7. The zero-order valence-corrected chi connectivity index (χ0v) is 18.8. The molecule has 0 unspecified atom stereocenters. The summed E-state index contributed by atoms with van der Waals surface area (Å²) in [4.78, 5) is 22.0. The van der Waals surface area contributed by atoms with Crippen molar-refractivity contribution in [3.63, 3.8) is 0 Å². The summed E-state index contributed by atoms with van der Waals surface area (Å²) in [7, 11) is 0. The van der Waals surface area contributed by atoms with Crippen molar-refractivity contribution >= 4 is 28.1 Å². The van der Waals surface area contributed by atoms with Gasteiger partial charge in [-0.05, 0) is 53.7 Å². The fourth-order valence-electron chi connectivity index (χ4n) is 1.24. The molecule has 7 nitrogen and oxygen atoms in total. The zero-order valence-electron chi connectivity index (χ0n) is 17.2. The van der Waals surface area contributed by atoms with Crippen molar-refractivity contribution in [1.29, 1.82) is 0 Å². The first-order valence-corrected chi connectivity index (χ1v) is 9.62. The van der Waals surface area contributed by atoms with Crippen molar-refractivity contribution in [2.24, 2.45) is 0 Å². The predicted molar refractivity (Wildman–Crippen MR) is 108 cm³/mol. The molecule has 0 aromatic heterocycles. The highest BCUT2D eigenvalue weighted by atomic mass is 79.9. The van der Waals surface area contributed by atoms with Gasteiger partial charge in [-0.25, -0.2) is 18.4 Å². The summed E-state index contributed by atoms with van der Waals surface area (Å²) in [6.07, 6.45) is 1.19. The van der Waals surface area contributed by atoms with Crippen LogP contribution in [0.25, 0.3) is 0 Å². The molecule has 2 amide bonds. The zero-order chi connectivity index (χ0) is 22.4. The third kappa shape index (κ3) is 22.4. The first-order chi connectivity index (χ1) is 12.7. The molecule has 0 radical (unpaired) electrons. The van der Waals surface area contributed by atoms with Crippen LogP contribution in [0.1, 0.15) is 41.5 Å². The van der Waals surface area contributed by atoms with Gasteiger partial charge in [0.1, 0.15) is 22.9 Å². The summed E-state index contributed by atoms with van der Waals surface area (Å²) in [5.41, 5.74) is -1.09. The number of rotatable bonds is 6. The van der Waals surface area contributed by atoms with Crippen LogP contribution >= 0.6 is 15.9 Å². The van der Waals surface area contributed by atoms with E-state index in [1.54, 1.807) is 41.5 Å². The number of alkyl carbamates (subject to hydrolysis) is 2. The monoisotopic (exact) mass is 472 g/mol. The largest absolute Gasteiger partial charge is 0.444 e. The number of hydrogen-bond donors (Lipinski definition) is 3. The van der Waals surface area contributed by atoms with Crippen LogP contribution in [0.4, 0.5) is 18.4 Å². The minimum atomic E-state index is -0.680. The van der Waals surface area contributed by atoms with Gasteiger partial charge in [-0.15, -0.1) is 0 Å². The van der Waals surface area contributed by atoms with Crippen LogP contribution in [0.5, 0.6) is 0 Å². The van der Waals surface area contributed by atoms with E-state index in [1.165, 1.54) is 6.08 Å². The Morgan fingerprint density at radius 3 is 1.54 bits per heavy atom. The lowest BCUT2D eigenvalue weighted by molar-refractivity contribution is 0.0522. The topological polar surface area (TPSA) is 96.9 Å². The molecule has 0 saturated heterocycles. The summed E-state index contributed by atoms with van der Waals surface area (Å²) in [5, 5.41) is 13.2. The first kappa shape index (κ1) is 28.5. The molecule has 0 saturated carbocycles. The number of ether oxygens (including phenoxy) is 2. The van der Waals surface area contributed by atoms with Crippen LogP contribution in [0, 0.1) is 0 Å². The van der Waals surface area contributed by atoms with Crippen molar-refractivity contribution in [3.8, 4) is 0 Å². The lowest BCUT2D eigenvalue weighted by atomic mass is 10.2. The van der Waals surface area contributed by atoms with Crippen LogP contribution < -0.4 is 10.6 Å². The quantitative estimate of drug-likeness (QED) is 0.505. The molecule has 0 aromatic rings. The number of alkyl halides is 1. The molecule has 0 aliphatic rings. The molecule has 0 aromatic carbocycles. The maximum absolute atomic E-state index is 12.5. The van der Waals surface area contributed by atoms with Gasteiger partial charge in [0.05, 0.1) is 11.9 Å². The van der Waals surface area contributed by atoms with Crippen molar-refractivity contribution < 1.29 is 33.0 Å². The smallest absolute Gasteiger partial charge is 0.407 e. The maximum Gasteiger partial charge on any atom is 0.407 e. The van der Waals surface area contributed by atoms with E-state index < -0.39 is 35.8 Å². The van der Waals surface area contributed by atoms with E-state index in [9.17, 15) is 18.4 Å². The average Bonchev–Trinajstić information content (AvgIpc) is 2.51. The van der Waals surface area contributed by atoms with E-state index in [0.717, 1.165) is 6.08 Å². The Kier molecular flexibility index (Phi) is 14.6. The molecule has 0 fully saturated rings. The van der Waals surface area contributed by atoms with E-state index in [4.69, 9.17) is 14.6 Å². The second-order valence-electron chi connectivity index (χ2n) is 7.36. The number of halogens is 3. The summed E-state index contributed by atoms with van der Waals surface area (Å²) >= 11 is 2.94. The highest BCUT2D eigenvalue weighted by molar-refractivity contribution is 9.09. The van der Waals surface area contributed by atoms with Gasteiger partial charge in [0, 0.05) is 13.1 Å². The lowest BCUT2D eigenvalue weighted by Gasteiger charge is -2.19. The number of hydrogen-bond acceptors (Lipinski definition) is 5. The molecule has 0 aliphatic carbocycles. The van der Waals surface area contributed by atoms with Gasteiger partial charge in [-0.1, -0.05) is 15.9 Å². The molecule has 0 aliphatic heterocycles. The Labute approximate surface area is 173 Å². The van der Waals surface area contributed by atoms with Crippen LogP contribution in [-0.4, -0.2) is 53.5 Å². The molecule has 0 bridgehead atoms. The van der Waals surface area contributed by atoms with Crippen LogP contribution in [0.3, 0.4) is 0 Å². The normalized spacial score (nSPS) is 12.5. The first-order valence-electron chi connectivity index (χ1n) is 8.49. The lowest BCUT2D eigenvalue weighted by Crippen LogP contribution is -2.32. The molecule has 164 valence electrons. The van der Waals surface area contributed by atoms with Crippen LogP contribution in [-0.2, 0) is 9.47 Å². The number of carbonyl (C=O) groups is 2. The van der Waals surface area contributed by atoms with Gasteiger partial charge in [0.25, 0.3) is 0 Å². The highest BCUT2D eigenvalue weighted by Crippen LogP contribution is 2.07. The van der Waals surface area contributed by atoms with Crippen molar-refractivity contribution in [3.05, 3.63) is 23.8 Å². The van der Waals surface area contributed by atoms with Crippen molar-refractivity contribution in [1.82, 2.24) is 10.6 Å². The molecule has 3 N–H and O–H groups in total. The molecule has 0 spiro atoms. The van der Waals surface area contributed by atoms with Gasteiger partial charge in [-0.2, -0.15) is 0 Å². The van der Waals surface area contributed by atoms with E-state index in [2.05, 4.69) is 26.6 Å². The Balaban J connectivity index is 0. The van der Waals surface area contributed by atoms with E-state index in [1.807, 2.05) is 0 Å². The number of carbonyl (C=O) groups excluding carboxylic acids is 2. The van der Waals surface area contributed by atoms with Crippen molar-refractivity contribution in [2.45, 2.75) is 52.7 Å². The minimum absolute atomic E-state index is 0.00130. The van der Waals surface area contributed by atoms with Gasteiger partial charge in [0.15, 0.2) is 0 Å². The molecule has 0 rings (SSSR count). The van der Waals surface area contributed by atoms with Crippen molar-refractivity contribution in [2.75, 3.05) is 25.0 Å². The molecular formula is C18H31BrF2N2O5. The Morgan fingerprint density at radius 2 is 1.25 bits per heavy atom. The summed E-state index contributed by atoms with van der Waals surface area (Å²) in [5.74, 6) is -0.998. The number of aliphatic hydroxyl groups is 1.